The second-order valence-corrected chi connectivity index (χ2v) is 6.23. The Morgan fingerprint density at radius 1 is 1.28 bits per heavy atom. The van der Waals surface area contributed by atoms with E-state index in [9.17, 15) is 14.9 Å². The van der Waals surface area contributed by atoms with Gasteiger partial charge in [-0.05, 0) is 40.2 Å². The molecule has 2 heterocycles. The van der Waals surface area contributed by atoms with Crippen molar-refractivity contribution in [3.05, 3.63) is 56.7 Å². The summed E-state index contributed by atoms with van der Waals surface area (Å²) in [4.78, 5) is 29.1. The molecule has 1 saturated heterocycles. The van der Waals surface area contributed by atoms with Crippen molar-refractivity contribution in [3.8, 4) is 0 Å². The molecule has 1 fully saturated rings. The van der Waals surface area contributed by atoms with Gasteiger partial charge in [0.25, 0.3) is 11.6 Å². The number of nitro groups is 1. The molecule has 0 saturated carbocycles. The zero-order chi connectivity index (χ0) is 17.8. The average molecular weight is 407 g/mol. The second kappa shape index (κ2) is 7.58. The van der Waals surface area contributed by atoms with Crippen molar-refractivity contribution >= 4 is 39.0 Å². The van der Waals surface area contributed by atoms with E-state index in [1.54, 1.807) is 12.3 Å². The van der Waals surface area contributed by atoms with Gasteiger partial charge in [-0.15, -0.1) is 0 Å². The van der Waals surface area contributed by atoms with Crippen LogP contribution in [0, 0.1) is 10.1 Å². The molecular weight excluding hydrogens is 392 g/mol. The number of amides is 1. The fourth-order valence-electron chi connectivity index (χ4n) is 2.45. The number of rotatable bonds is 4. The first-order valence-corrected chi connectivity index (χ1v) is 8.38. The number of hydrogen-bond donors (Lipinski definition) is 1. The summed E-state index contributed by atoms with van der Waals surface area (Å²) in [5.41, 5.74) is 0.984. The molecule has 0 spiro atoms. The van der Waals surface area contributed by atoms with E-state index in [0.29, 0.717) is 23.5 Å². The van der Waals surface area contributed by atoms with E-state index in [-0.39, 0.29) is 11.3 Å². The van der Waals surface area contributed by atoms with Gasteiger partial charge < -0.3 is 15.0 Å². The van der Waals surface area contributed by atoms with E-state index in [1.165, 1.54) is 18.2 Å². The Hall–Kier alpha value is -2.52. The Balaban J connectivity index is 1.70. The lowest BCUT2D eigenvalue weighted by Gasteiger charge is -2.28. The van der Waals surface area contributed by atoms with Crippen LogP contribution in [0.5, 0.6) is 0 Å². The van der Waals surface area contributed by atoms with Gasteiger partial charge in [-0.3, -0.25) is 14.9 Å². The van der Waals surface area contributed by atoms with E-state index < -0.39 is 10.8 Å². The summed E-state index contributed by atoms with van der Waals surface area (Å²) in [6.45, 7) is 2.97. The van der Waals surface area contributed by atoms with Crippen molar-refractivity contribution in [2.45, 2.75) is 0 Å². The van der Waals surface area contributed by atoms with E-state index in [1.807, 2.05) is 6.07 Å². The van der Waals surface area contributed by atoms with Crippen LogP contribution >= 0.6 is 15.9 Å². The Kier molecular flexibility index (Phi) is 5.25. The minimum absolute atomic E-state index is 0.164. The molecule has 8 nitrogen and oxygen atoms in total. The van der Waals surface area contributed by atoms with Crippen LogP contribution in [0.2, 0.25) is 0 Å². The van der Waals surface area contributed by atoms with Crippen molar-refractivity contribution in [2.24, 2.45) is 0 Å². The Morgan fingerprint density at radius 2 is 2.04 bits per heavy atom. The lowest BCUT2D eigenvalue weighted by atomic mass is 10.2. The second-order valence-electron chi connectivity index (χ2n) is 5.38. The molecule has 1 N–H and O–H groups in total. The van der Waals surface area contributed by atoms with Crippen LogP contribution in [-0.2, 0) is 4.74 Å². The molecule has 1 aliphatic heterocycles. The van der Waals surface area contributed by atoms with Crippen molar-refractivity contribution in [2.75, 3.05) is 36.5 Å². The predicted molar refractivity (Wildman–Crippen MR) is 96.0 cm³/mol. The van der Waals surface area contributed by atoms with Crippen molar-refractivity contribution in [3.63, 3.8) is 0 Å². The number of pyridine rings is 1. The standard InChI is InChI=1S/C16H15BrN4O4/c17-13-3-1-11(9-14(13)21(23)24)16(22)19-15-4-2-12(10-18-15)20-5-7-25-8-6-20/h1-4,9-10H,5-8H2,(H,18,19,22). The number of nitrogens with one attached hydrogen (secondary N) is 1. The molecule has 2 aromatic rings. The summed E-state index contributed by atoms with van der Waals surface area (Å²) in [7, 11) is 0. The summed E-state index contributed by atoms with van der Waals surface area (Å²) < 4.78 is 5.63. The van der Waals surface area contributed by atoms with Gasteiger partial charge in [-0.2, -0.15) is 0 Å². The average Bonchev–Trinajstić information content (AvgIpc) is 2.63. The zero-order valence-electron chi connectivity index (χ0n) is 13.1. The maximum atomic E-state index is 12.3. The molecule has 0 unspecified atom stereocenters. The third kappa shape index (κ3) is 4.12. The van der Waals surface area contributed by atoms with Gasteiger partial charge in [0.15, 0.2) is 0 Å². The van der Waals surface area contributed by atoms with Crippen LogP contribution in [-0.4, -0.2) is 42.1 Å². The highest BCUT2D eigenvalue weighted by Gasteiger charge is 2.17. The number of nitrogens with zero attached hydrogens (tertiary/aromatic N) is 3. The van der Waals surface area contributed by atoms with E-state index >= 15 is 0 Å². The summed E-state index contributed by atoms with van der Waals surface area (Å²) in [5, 5.41) is 13.6. The highest BCUT2D eigenvalue weighted by Crippen LogP contribution is 2.26. The maximum Gasteiger partial charge on any atom is 0.284 e. The fourth-order valence-corrected chi connectivity index (χ4v) is 2.84. The quantitative estimate of drug-likeness (QED) is 0.619. The maximum absolute atomic E-state index is 12.3. The minimum atomic E-state index is -0.545. The normalized spacial score (nSPS) is 14.2. The molecule has 0 aliphatic carbocycles. The molecule has 9 heteroatoms. The predicted octanol–water partition coefficient (Wildman–Crippen LogP) is 2.84. The molecule has 0 atom stereocenters. The number of morpholine rings is 1. The van der Waals surface area contributed by atoms with Crippen LogP contribution in [0.25, 0.3) is 0 Å². The number of halogens is 1. The van der Waals surface area contributed by atoms with Crippen molar-refractivity contribution in [1.29, 1.82) is 0 Å². The van der Waals surface area contributed by atoms with Crippen LogP contribution in [0.1, 0.15) is 10.4 Å². The van der Waals surface area contributed by atoms with Gasteiger partial charge in [0.1, 0.15) is 5.82 Å². The first kappa shape index (κ1) is 17.3. The summed E-state index contributed by atoms with van der Waals surface area (Å²) in [5.74, 6) is -0.0743. The molecular formula is C16H15BrN4O4. The van der Waals surface area contributed by atoms with Gasteiger partial charge >= 0.3 is 0 Å². The van der Waals surface area contributed by atoms with E-state index in [0.717, 1.165) is 18.8 Å². The van der Waals surface area contributed by atoms with Crippen LogP contribution in [0.15, 0.2) is 41.0 Å². The van der Waals surface area contributed by atoms with Crippen LogP contribution < -0.4 is 10.2 Å². The lowest BCUT2D eigenvalue weighted by Crippen LogP contribution is -2.36. The lowest BCUT2D eigenvalue weighted by molar-refractivity contribution is -0.385. The molecule has 1 aromatic heterocycles. The monoisotopic (exact) mass is 406 g/mol. The van der Waals surface area contributed by atoms with Crippen molar-refractivity contribution in [1.82, 2.24) is 4.98 Å². The summed E-state index contributed by atoms with van der Waals surface area (Å²) >= 11 is 3.09. The molecule has 25 heavy (non-hydrogen) atoms. The number of hydrogen-bond acceptors (Lipinski definition) is 6. The zero-order valence-corrected chi connectivity index (χ0v) is 14.7. The molecule has 130 valence electrons. The molecule has 0 radical (unpaired) electrons. The fraction of sp³-hybridized carbons (Fsp3) is 0.250. The molecule has 1 amide bonds. The number of anilines is 2. The van der Waals surface area contributed by atoms with Gasteiger partial charge in [0.2, 0.25) is 0 Å². The van der Waals surface area contributed by atoms with Crippen LogP contribution in [0.3, 0.4) is 0 Å². The number of ether oxygens (including phenoxy) is 1. The smallest absolute Gasteiger partial charge is 0.284 e. The summed E-state index contributed by atoms with van der Waals surface area (Å²) in [6.07, 6.45) is 1.69. The number of nitro benzene ring substituents is 1. The summed E-state index contributed by atoms with van der Waals surface area (Å²) in [6, 6.07) is 7.78. The molecule has 3 rings (SSSR count). The van der Waals surface area contributed by atoms with Gasteiger partial charge in [0.05, 0.1) is 34.5 Å². The van der Waals surface area contributed by atoms with E-state index in [4.69, 9.17) is 4.74 Å². The number of aromatic nitrogens is 1. The Morgan fingerprint density at radius 3 is 2.68 bits per heavy atom. The highest BCUT2D eigenvalue weighted by atomic mass is 79.9. The third-order valence-electron chi connectivity index (χ3n) is 3.77. The van der Waals surface area contributed by atoms with E-state index in [2.05, 4.69) is 31.1 Å². The SMILES string of the molecule is O=C(Nc1ccc(N2CCOCC2)cn1)c1ccc(Br)c([N+](=O)[O-])c1. The first-order chi connectivity index (χ1) is 12.0. The number of carbonyl (C=O) groups is 1. The topological polar surface area (TPSA) is 97.6 Å². The van der Waals surface area contributed by atoms with Crippen molar-refractivity contribution < 1.29 is 14.5 Å². The molecule has 0 bridgehead atoms. The highest BCUT2D eigenvalue weighted by molar-refractivity contribution is 9.10. The molecule has 1 aromatic carbocycles. The Bertz CT molecular complexity index is 791. The third-order valence-corrected chi connectivity index (χ3v) is 4.44. The van der Waals surface area contributed by atoms with Gasteiger partial charge in [0, 0.05) is 24.7 Å². The first-order valence-electron chi connectivity index (χ1n) is 7.58. The van der Waals surface area contributed by atoms with Gasteiger partial charge in [-0.1, -0.05) is 0 Å². The minimum Gasteiger partial charge on any atom is -0.378 e. The number of carbonyl (C=O) groups excluding carboxylic acids is 1. The van der Waals surface area contributed by atoms with Gasteiger partial charge in [-0.25, -0.2) is 4.98 Å². The van der Waals surface area contributed by atoms with Crippen LogP contribution in [0.4, 0.5) is 17.2 Å². The molecule has 1 aliphatic rings. The largest absolute Gasteiger partial charge is 0.378 e. The number of benzene rings is 1. The Labute approximate surface area is 152 Å².